The Balaban J connectivity index is 3.75. The molecule has 5 heteroatoms. The molecule has 408 valence electrons. The summed E-state index contributed by atoms with van der Waals surface area (Å²) < 4.78 is 10.6. The largest absolute Gasteiger partial charge is 0.462 e. The van der Waals surface area contributed by atoms with Gasteiger partial charge in [-0.3, -0.25) is 9.59 Å². The van der Waals surface area contributed by atoms with E-state index in [4.69, 9.17) is 9.47 Å². The third-order valence-electron chi connectivity index (χ3n) is 11.1. The molecule has 1 unspecified atom stereocenters. The zero-order valence-electron chi connectivity index (χ0n) is 46.5. The number of carbonyl (C=O) groups excluding carboxylic acids is 2. The Morgan fingerprint density at radius 3 is 0.838 bits per heavy atom. The van der Waals surface area contributed by atoms with Crippen molar-refractivity contribution in [3.8, 4) is 0 Å². The van der Waals surface area contributed by atoms with Gasteiger partial charge in [0.05, 0.1) is 6.61 Å². The van der Waals surface area contributed by atoms with Crippen LogP contribution in [0.15, 0.2) is 207 Å². The summed E-state index contributed by atoms with van der Waals surface area (Å²) in [6.45, 7) is 3.84. The predicted octanol–water partition coefficient (Wildman–Crippen LogP) is 19.9. The Hall–Kier alpha value is -5.52. The number of ether oxygens (including phenoxy) is 2. The lowest BCUT2D eigenvalue weighted by Crippen LogP contribution is -2.28. The average molecular weight is 1010 g/mol. The minimum atomic E-state index is -0.822. The third kappa shape index (κ3) is 59.0. The maximum atomic E-state index is 12.3. The monoisotopic (exact) mass is 1010 g/mol. The quantitative estimate of drug-likeness (QED) is 0.0373. The first-order valence-electron chi connectivity index (χ1n) is 28.6. The van der Waals surface area contributed by atoms with Crippen LogP contribution in [0.5, 0.6) is 0 Å². The van der Waals surface area contributed by atoms with Crippen molar-refractivity contribution in [3.63, 3.8) is 0 Å². The lowest BCUT2D eigenvalue weighted by molar-refractivity contribution is -0.161. The summed E-state index contributed by atoms with van der Waals surface area (Å²) in [6, 6.07) is 0. The summed E-state index contributed by atoms with van der Waals surface area (Å²) in [5, 5.41) is 9.64. The first kappa shape index (κ1) is 68.5. The van der Waals surface area contributed by atoms with Gasteiger partial charge in [0.25, 0.3) is 0 Å². The Bertz CT molecular complexity index is 1810. The van der Waals surface area contributed by atoms with E-state index in [1.165, 1.54) is 0 Å². The summed E-state index contributed by atoms with van der Waals surface area (Å²) in [4.78, 5) is 24.5. The van der Waals surface area contributed by atoms with E-state index in [-0.39, 0.29) is 31.6 Å². The fourth-order valence-electron chi connectivity index (χ4n) is 6.85. The smallest absolute Gasteiger partial charge is 0.306 e. The van der Waals surface area contributed by atoms with Gasteiger partial charge < -0.3 is 14.6 Å². The molecule has 0 heterocycles. The molecule has 0 rings (SSSR count). The van der Waals surface area contributed by atoms with Gasteiger partial charge in [0, 0.05) is 12.8 Å². The molecule has 0 aromatic rings. The molecule has 0 aliphatic carbocycles. The normalized spacial score (nSPS) is 13.8. The predicted molar refractivity (Wildman–Crippen MR) is 324 cm³/mol. The number of aliphatic hydroxyl groups is 1. The first-order chi connectivity index (χ1) is 36.6. The number of hydrogen-bond acceptors (Lipinski definition) is 5. The topological polar surface area (TPSA) is 72.8 Å². The van der Waals surface area contributed by atoms with E-state index in [1.807, 2.05) is 0 Å². The second kappa shape index (κ2) is 61.8. The van der Waals surface area contributed by atoms with Crippen LogP contribution in [-0.4, -0.2) is 36.4 Å². The third-order valence-corrected chi connectivity index (χ3v) is 11.1. The second-order valence-electron chi connectivity index (χ2n) is 17.9. The SMILES string of the molecule is CC/C=C\C/C=C\C/C=C\C/C=C\C/C=C\C/C=C\C/C=C\C/C=C\C/C=C\C/C=C\C/C=C\C/C=C\CCCCC(=O)OC(CO)COC(=O)CCCCCCC/C=C\C/C=C\C/C=C\C/C=C\C/C=C\CC. The molecule has 0 spiro atoms. The molecule has 0 bridgehead atoms. The van der Waals surface area contributed by atoms with Crippen molar-refractivity contribution in [2.24, 2.45) is 0 Å². The van der Waals surface area contributed by atoms with Crippen molar-refractivity contribution in [3.05, 3.63) is 207 Å². The van der Waals surface area contributed by atoms with E-state index in [2.05, 4.69) is 220 Å². The molecule has 0 saturated heterocycles. The molecule has 1 N–H and O–H groups in total. The number of esters is 2. The van der Waals surface area contributed by atoms with Crippen molar-refractivity contribution < 1.29 is 24.2 Å². The summed E-state index contributed by atoms with van der Waals surface area (Å²) in [7, 11) is 0. The molecule has 0 amide bonds. The summed E-state index contributed by atoms with van der Waals surface area (Å²) in [5.41, 5.74) is 0. The van der Waals surface area contributed by atoms with Crippen LogP contribution >= 0.6 is 0 Å². The molecule has 5 nitrogen and oxygen atoms in total. The van der Waals surface area contributed by atoms with Gasteiger partial charge in [-0.05, 0) is 148 Å². The molecular formula is C69H102O5. The lowest BCUT2D eigenvalue weighted by Gasteiger charge is -2.15. The van der Waals surface area contributed by atoms with Gasteiger partial charge in [-0.15, -0.1) is 0 Å². The molecule has 74 heavy (non-hydrogen) atoms. The lowest BCUT2D eigenvalue weighted by atomic mass is 10.1. The maximum absolute atomic E-state index is 12.3. The zero-order chi connectivity index (χ0) is 53.4. The minimum Gasteiger partial charge on any atom is -0.462 e. The molecule has 1 atom stereocenters. The van der Waals surface area contributed by atoms with Crippen LogP contribution in [0.1, 0.15) is 194 Å². The fraction of sp³-hybridized carbons (Fsp3) is 0.478. The van der Waals surface area contributed by atoms with Gasteiger partial charge >= 0.3 is 11.9 Å². The van der Waals surface area contributed by atoms with Crippen LogP contribution in [-0.2, 0) is 19.1 Å². The molecular weight excluding hydrogens is 909 g/mol. The van der Waals surface area contributed by atoms with Crippen molar-refractivity contribution in [1.82, 2.24) is 0 Å². The summed E-state index contributed by atoms with van der Waals surface area (Å²) >= 11 is 0. The van der Waals surface area contributed by atoms with Gasteiger partial charge in [-0.25, -0.2) is 0 Å². The number of hydrogen-bond donors (Lipinski definition) is 1. The van der Waals surface area contributed by atoms with Gasteiger partial charge in [0.2, 0.25) is 0 Å². The maximum Gasteiger partial charge on any atom is 0.306 e. The first-order valence-corrected chi connectivity index (χ1v) is 28.6. The number of carbonyl (C=O) groups is 2. The molecule has 0 saturated carbocycles. The van der Waals surface area contributed by atoms with E-state index in [0.29, 0.717) is 12.8 Å². The standard InChI is InChI=1S/C69H102O5/c1-3-5-7-9-11-13-15-17-19-21-23-25-26-27-28-29-30-31-32-33-34-35-36-37-38-39-40-41-42-44-46-48-50-52-54-56-58-60-62-64-69(72)74-67(65-70)66-73-68(71)63-61-59-57-55-53-51-49-47-45-43-24-22-20-18-16-14-12-10-8-6-4-2/h5-8,11-14,17-20,23-25,27-28,30-31,33-34,36-37,39-40,42-44,47-50,54,56,67,70H,3-4,9-10,15-16,21-22,26,29,32,35,38,41,45-46,51-53,55,57-66H2,1-2H3/b7-5-,8-6-,13-11-,14-12-,19-17-,20-18-,25-23-,28-27-,31-30-,34-33-,37-36-,40-39-,43-24-,44-42-,49-47-,50-48-,56-54-. The van der Waals surface area contributed by atoms with E-state index >= 15 is 0 Å². The number of unbranched alkanes of at least 4 members (excludes halogenated alkanes) is 7. The van der Waals surface area contributed by atoms with Gasteiger partial charge in [-0.2, -0.15) is 0 Å². The molecule has 0 fully saturated rings. The summed E-state index contributed by atoms with van der Waals surface area (Å²) in [5.74, 6) is -0.684. The van der Waals surface area contributed by atoms with Crippen molar-refractivity contribution in [2.75, 3.05) is 13.2 Å². The van der Waals surface area contributed by atoms with Crippen molar-refractivity contribution >= 4 is 11.9 Å². The minimum absolute atomic E-state index is 0.109. The van der Waals surface area contributed by atoms with Crippen LogP contribution in [0.4, 0.5) is 0 Å². The fourth-order valence-corrected chi connectivity index (χ4v) is 6.85. The van der Waals surface area contributed by atoms with Crippen molar-refractivity contribution in [2.45, 2.75) is 200 Å². The highest BCUT2D eigenvalue weighted by atomic mass is 16.6. The highest BCUT2D eigenvalue weighted by molar-refractivity contribution is 5.70. The van der Waals surface area contributed by atoms with Crippen LogP contribution in [0.2, 0.25) is 0 Å². The van der Waals surface area contributed by atoms with Crippen LogP contribution in [0, 0.1) is 0 Å². The summed E-state index contributed by atoms with van der Waals surface area (Å²) in [6.07, 6.45) is 101. The van der Waals surface area contributed by atoms with Crippen molar-refractivity contribution in [1.29, 1.82) is 0 Å². The highest BCUT2D eigenvalue weighted by Crippen LogP contribution is 2.10. The van der Waals surface area contributed by atoms with Crippen LogP contribution in [0.25, 0.3) is 0 Å². The molecule has 0 aromatic carbocycles. The van der Waals surface area contributed by atoms with Gasteiger partial charge in [-0.1, -0.05) is 240 Å². The molecule has 0 aromatic heterocycles. The number of rotatable bonds is 49. The number of aliphatic hydroxyl groups excluding tert-OH is 1. The second-order valence-corrected chi connectivity index (χ2v) is 17.9. The van der Waals surface area contributed by atoms with E-state index in [0.717, 1.165) is 161 Å². The average Bonchev–Trinajstić information content (AvgIpc) is 3.40. The Morgan fingerprint density at radius 2 is 0.541 bits per heavy atom. The van der Waals surface area contributed by atoms with Crippen LogP contribution in [0.3, 0.4) is 0 Å². The molecule has 0 aliphatic rings. The van der Waals surface area contributed by atoms with E-state index in [9.17, 15) is 14.7 Å². The Kier molecular flexibility index (Phi) is 57.2. The highest BCUT2D eigenvalue weighted by Gasteiger charge is 2.16. The Labute approximate surface area is 453 Å². The van der Waals surface area contributed by atoms with Crippen LogP contribution < -0.4 is 0 Å². The number of allylic oxidation sites excluding steroid dienone is 34. The Morgan fingerprint density at radius 1 is 0.311 bits per heavy atom. The zero-order valence-corrected chi connectivity index (χ0v) is 46.5. The van der Waals surface area contributed by atoms with E-state index in [1.54, 1.807) is 0 Å². The molecule has 0 radical (unpaired) electrons. The van der Waals surface area contributed by atoms with E-state index < -0.39 is 6.10 Å². The van der Waals surface area contributed by atoms with Gasteiger partial charge in [0.15, 0.2) is 6.10 Å². The van der Waals surface area contributed by atoms with Gasteiger partial charge in [0.1, 0.15) is 6.61 Å². The molecule has 0 aliphatic heterocycles.